The van der Waals surface area contributed by atoms with Crippen LogP contribution in [0, 0.1) is 29.1 Å². The second kappa shape index (κ2) is 3.85. The minimum atomic E-state index is -5.54. The molecular formula is C6F7Ga. The van der Waals surface area contributed by atoms with Crippen molar-refractivity contribution in [1.82, 2.24) is 0 Å². The first kappa shape index (κ1) is 11.4. The second-order valence-electron chi connectivity index (χ2n) is 2.28. The van der Waals surface area contributed by atoms with Crippen LogP contribution in [-0.4, -0.2) is 17.2 Å². The van der Waals surface area contributed by atoms with E-state index in [0.29, 0.717) is 0 Å². The van der Waals surface area contributed by atoms with Crippen molar-refractivity contribution in [1.29, 1.82) is 0 Å². The van der Waals surface area contributed by atoms with E-state index >= 15 is 0 Å². The molecule has 0 fully saturated rings. The Hall–Kier alpha value is -0.634. The molecule has 0 saturated carbocycles. The molecule has 1 rings (SSSR count). The topological polar surface area (TPSA) is 0 Å². The Labute approximate surface area is 79.5 Å². The third kappa shape index (κ3) is 1.63. The molecule has 0 radical (unpaired) electrons. The van der Waals surface area contributed by atoms with Crippen LogP contribution in [0.15, 0.2) is 0 Å². The van der Waals surface area contributed by atoms with Gasteiger partial charge in [-0.15, -0.1) is 0 Å². The molecule has 0 heterocycles. The van der Waals surface area contributed by atoms with Crippen LogP contribution in [0.2, 0.25) is 0 Å². The van der Waals surface area contributed by atoms with E-state index in [2.05, 4.69) is 0 Å². The van der Waals surface area contributed by atoms with Gasteiger partial charge in [-0.05, 0) is 0 Å². The van der Waals surface area contributed by atoms with Gasteiger partial charge >= 0.3 is 79.0 Å². The van der Waals surface area contributed by atoms with Gasteiger partial charge in [0.2, 0.25) is 0 Å². The van der Waals surface area contributed by atoms with Crippen LogP contribution in [0.1, 0.15) is 0 Å². The Morgan fingerprint density at radius 2 is 0.857 bits per heavy atom. The van der Waals surface area contributed by atoms with Gasteiger partial charge in [-0.25, -0.2) is 0 Å². The van der Waals surface area contributed by atoms with Gasteiger partial charge in [0.25, 0.3) is 0 Å². The van der Waals surface area contributed by atoms with Crippen LogP contribution in [0.3, 0.4) is 0 Å². The molecule has 0 nitrogen and oxygen atoms in total. The van der Waals surface area contributed by atoms with Crippen molar-refractivity contribution in [2.24, 2.45) is 0 Å². The molecular weight excluding hydrogens is 275 g/mol. The van der Waals surface area contributed by atoms with Crippen molar-refractivity contribution in [3.8, 4) is 0 Å². The summed E-state index contributed by atoms with van der Waals surface area (Å²) in [6.45, 7) is 0. The van der Waals surface area contributed by atoms with Gasteiger partial charge in [0, 0.05) is 0 Å². The predicted molar refractivity (Wildman–Crippen MR) is 33.8 cm³/mol. The molecule has 0 aliphatic rings. The van der Waals surface area contributed by atoms with Gasteiger partial charge in [-0.1, -0.05) is 0 Å². The first-order valence-corrected chi connectivity index (χ1v) is 6.21. The summed E-state index contributed by atoms with van der Waals surface area (Å²) in [5, 5.41) is 0. The van der Waals surface area contributed by atoms with E-state index in [0.717, 1.165) is 0 Å². The normalized spacial score (nSPS) is 10.5. The van der Waals surface area contributed by atoms with Crippen molar-refractivity contribution in [3.63, 3.8) is 0 Å². The fourth-order valence-corrected chi connectivity index (χ4v) is 2.15. The summed E-state index contributed by atoms with van der Waals surface area (Å²) in [6.07, 6.45) is 0. The third-order valence-corrected chi connectivity index (χ3v) is 3.44. The molecule has 0 saturated heterocycles. The molecule has 8 heteroatoms. The molecule has 0 unspecified atom stereocenters. The first-order valence-electron chi connectivity index (χ1n) is 3.17. The minimum absolute atomic E-state index is 1.92. The Kier molecular flexibility index (Phi) is 3.15. The molecule has 0 spiro atoms. The molecule has 76 valence electrons. The van der Waals surface area contributed by atoms with Crippen LogP contribution in [0.5, 0.6) is 0 Å². The average molecular weight is 275 g/mol. The van der Waals surface area contributed by atoms with Gasteiger partial charge in [0.1, 0.15) is 0 Å². The molecule has 0 bridgehead atoms. The summed E-state index contributed by atoms with van der Waals surface area (Å²) in [4.78, 5) is 0. The second-order valence-corrected chi connectivity index (χ2v) is 4.76. The zero-order valence-electron chi connectivity index (χ0n) is 6.22. The molecule has 0 aliphatic heterocycles. The summed E-state index contributed by atoms with van der Waals surface area (Å²) in [7, 11) is 0. The van der Waals surface area contributed by atoms with E-state index < -0.39 is 50.4 Å². The maximum absolute atomic E-state index is 12.5. The van der Waals surface area contributed by atoms with Crippen molar-refractivity contribution >= 4 is 21.3 Å². The SMILES string of the molecule is Fc1c(F)c(F)[c]([Ga]([F])[F])c(F)c1F. The van der Waals surface area contributed by atoms with Crippen molar-refractivity contribution < 1.29 is 28.5 Å². The van der Waals surface area contributed by atoms with E-state index in [1.807, 2.05) is 0 Å². The molecule has 0 aliphatic carbocycles. The standard InChI is InChI=1S/C6F5.2FH.Ga/c7-2-1-3(8)5(10)6(11)4(2)9;;;/h;2*1H;/q;;;+2/p-2. The van der Waals surface area contributed by atoms with Crippen LogP contribution in [0.25, 0.3) is 0 Å². The third-order valence-electron chi connectivity index (χ3n) is 1.46. The molecule has 1 aromatic rings. The van der Waals surface area contributed by atoms with Gasteiger partial charge in [0.05, 0.1) is 0 Å². The fraction of sp³-hybridized carbons (Fsp3) is 0. The first-order chi connectivity index (χ1) is 6.37. The summed E-state index contributed by atoms with van der Waals surface area (Å²) in [6, 6.07) is 0. The van der Waals surface area contributed by atoms with Crippen LogP contribution < -0.4 is 4.12 Å². The predicted octanol–water partition coefficient (Wildman–Crippen LogP) is 2.02. The number of hydrogen-bond donors (Lipinski definition) is 0. The monoisotopic (exact) mass is 274 g/mol. The number of rotatable bonds is 1. The Morgan fingerprint density at radius 3 is 1.14 bits per heavy atom. The number of halogens is 7. The van der Waals surface area contributed by atoms with E-state index in [-0.39, 0.29) is 0 Å². The van der Waals surface area contributed by atoms with E-state index in [9.17, 15) is 28.5 Å². The summed E-state index contributed by atoms with van der Waals surface area (Å²) in [5.41, 5.74) is 0. The average Bonchev–Trinajstić information content (AvgIpc) is 2.11. The molecule has 0 amide bonds. The van der Waals surface area contributed by atoms with Crippen molar-refractivity contribution in [2.45, 2.75) is 0 Å². The molecule has 1 aromatic carbocycles. The molecule has 0 N–H and O–H groups in total. The van der Waals surface area contributed by atoms with Gasteiger partial charge in [-0.3, -0.25) is 0 Å². The zero-order chi connectivity index (χ0) is 11.0. The van der Waals surface area contributed by atoms with Gasteiger partial charge in [-0.2, -0.15) is 0 Å². The summed E-state index contributed by atoms with van der Waals surface area (Å²) < 4.78 is 84.0. The molecule has 14 heavy (non-hydrogen) atoms. The van der Waals surface area contributed by atoms with Crippen molar-refractivity contribution in [2.75, 3.05) is 0 Å². The van der Waals surface area contributed by atoms with E-state index in [1.165, 1.54) is 0 Å². The zero-order valence-corrected chi connectivity index (χ0v) is 8.65. The Bertz CT molecular complexity index is 346. The molecule has 0 aromatic heterocycles. The fourth-order valence-electron chi connectivity index (χ4n) is 0.813. The van der Waals surface area contributed by atoms with Crippen molar-refractivity contribution in [3.05, 3.63) is 29.1 Å². The number of hydrogen-bond acceptors (Lipinski definition) is 0. The van der Waals surface area contributed by atoms with Gasteiger partial charge in [0.15, 0.2) is 0 Å². The maximum atomic E-state index is 12.5. The van der Waals surface area contributed by atoms with Gasteiger partial charge < -0.3 is 0 Å². The van der Waals surface area contributed by atoms with Crippen LogP contribution in [-0.2, 0) is 0 Å². The Balaban J connectivity index is 3.60. The van der Waals surface area contributed by atoms with E-state index in [1.54, 1.807) is 0 Å². The van der Waals surface area contributed by atoms with E-state index in [4.69, 9.17) is 0 Å². The summed E-state index contributed by atoms with van der Waals surface area (Å²) in [5.74, 6) is -11.9. The van der Waals surface area contributed by atoms with Crippen LogP contribution in [0.4, 0.5) is 28.5 Å². The number of benzene rings is 1. The molecule has 0 atom stereocenters. The quantitative estimate of drug-likeness (QED) is 0.318. The van der Waals surface area contributed by atoms with Crippen LogP contribution >= 0.6 is 0 Å². The Morgan fingerprint density at radius 1 is 0.571 bits per heavy atom. The summed E-state index contributed by atoms with van der Waals surface area (Å²) >= 11 is -5.54.